The molecule has 1 aromatic heterocycles. The van der Waals surface area contributed by atoms with Crippen LogP contribution in [0.5, 0.6) is 0 Å². The third-order valence-corrected chi connectivity index (χ3v) is 4.62. The molecular weight excluding hydrogens is 290 g/mol. The molecule has 1 fully saturated rings. The molecule has 130 valence electrons. The molecule has 0 aliphatic carbocycles. The van der Waals surface area contributed by atoms with Crippen LogP contribution >= 0.6 is 0 Å². The fourth-order valence-electron chi connectivity index (χ4n) is 3.42. The van der Waals surface area contributed by atoms with Crippen molar-refractivity contribution in [1.82, 2.24) is 9.55 Å². The van der Waals surface area contributed by atoms with Crippen LogP contribution in [0, 0.1) is 23.7 Å². The molecule has 1 aromatic rings. The van der Waals surface area contributed by atoms with E-state index in [0.717, 1.165) is 12.8 Å². The quantitative estimate of drug-likeness (QED) is 0.904. The lowest BCUT2D eigenvalue weighted by atomic mass is 9.73. The van der Waals surface area contributed by atoms with Gasteiger partial charge < -0.3 is 10.5 Å². The van der Waals surface area contributed by atoms with Crippen LogP contribution < -0.4 is 11.3 Å². The number of aryl methyl sites for hydroxylation is 1. The van der Waals surface area contributed by atoms with E-state index in [-0.39, 0.29) is 34.7 Å². The molecule has 23 heavy (non-hydrogen) atoms. The van der Waals surface area contributed by atoms with Crippen molar-refractivity contribution in [1.29, 1.82) is 0 Å². The van der Waals surface area contributed by atoms with Gasteiger partial charge in [0.1, 0.15) is 6.23 Å². The van der Waals surface area contributed by atoms with Gasteiger partial charge >= 0.3 is 0 Å². The Bertz CT molecular complexity index is 623. The van der Waals surface area contributed by atoms with Gasteiger partial charge in [0.05, 0.1) is 6.10 Å². The molecule has 0 spiro atoms. The lowest BCUT2D eigenvalue weighted by Gasteiger charge is -2.34. The molecule has 3 atom stereocenters. The van der Waals surface area contributed by atoms with Crippen molar-refractivity contribution in [3.63, 3.8) is 0 Å². The minimum atomic E-state index is -0.268. The number of hydrogen-bond acceptors (Lipinski definition) is 4. The van der Waals surface area contributed by atoms with E-state index in [4.69, 9.17) is 10.5 Å². The van der Waals surface area contributed by atoms with Crippen LogP contribution in [0.2, 0.25) is 0 Å². The summed E-state index contributed by atoms with van der Waals surface area (Å²) in [4.78, 5) is 15.5. The van der Waals surface area contributed by atoms with Gasteiger partial charge in [-0.3, -0.25) is 9.36 Å². The molecule has 5 heteroatoms. The van der Waals surface area contributed by atoms with Crippen LogP contribution in [0.4, 0.5) is 5.95 Å². The first-order valence-corrected chi connectivity index (χ1v) is 8.39. The van der Waals surface area contributed by atoms with Crippen molar-refractivity contribution in [2.45, 2.75) is 73.6 Å². The topological polar surface area (TPSA) is 70.1 Å². The Kier molecular flexibility index (Phi) is 4.64. The van der Waals surface area contributed by atoms with Crippen LogP contribution in [0.3, 0.4) is 0 Å². The summed E-state index contributed by atoms with van der Waals surface area (Å²) in [5, 5.41) is 0. The van der Waals surface area contributed by atoms with Gasteiger partial charge in [0, 0.05) is 11.8 Å². The standard InChI is InChI=1S/C18H31N3O2/c1-11-10-21(16(19)20-15(11)22)14-8-12(18(5,6)7)13(23-14)9-17(2,3)4/h10,12-14H,8-9H2,1-7H3,(H2,19,20,22)/t12-,13?,14-/m1/s1. The minimum absolute atomic E-state index is 0.154. The fraction of sp³-hybridized carbons (Fsp3) is 0.778. The maximum absolute atomic E-state index is 11.6. The highest BCUT2D eigenvalue weighted by Gasteiger charge is 2.43. The van der Waals surface area contributed by atoms with Crippen molar-refractivity contribution < 1.29 is 4.74 Å². The molecule has 0 amide bonds. The SMILES string of the molecule is Cc1cn([C@H]2C[C@@H](C(C)(C)C)C(CC(C)(C)C)O2)c(N)nc1=O. The number of ether oxygens (including phenoxy) is 1. The Balaban J connectivity index is 2.33. The molecule has 1 aliphatic heterocycles. The first-order valence-electron chi connectivity index (χ1n) is 8.39. The summed E-state index contributed by atoms with van der Waals surface area (Å²) in [6.45, 7) is 15.3. The van der Waals surface area contributed by atoms with Crippen LogP contribution in [0.15, 0.2) is 11.0 Å². The molecule has 1 unspecified atom stereocenters. The zero-order valence-corrected chi connectivity index (χ0v) is 15.5. The number of hydrogen-bond donors (Lipinski definition) is 1. The lowest BCUT2D eigenvalue weighted by Crippen LogP contribution is -2.31. The van der Waals surface area contributed by atoms with Gasteiger partial charge in [-0.05, 0) is 36.5 Å². The summed E-state index contributed by atoms with van der Waals surface area (Å²) in [6.07, 6.45) is 3.68. The third-order valence-electron chi connectivity index (χ3n) is 4.62. The Morgan fingerprint density at radius 1 is 1.30 bits per heavy atom. The van der Waals surface area contributed by atoms with Crippen molar-refractivity contribution in [3.05, 3.63) is 22.1 Å². The lowest BCUT2D eigenvalue weighted by molar-refractivity contribution is -0.0319. The molecule has 2 heterocycles. The number of nitrogens with zero attached hydrogens (tertiary/aromatic N) is 2. The van der Waals surface area contributed by atoms with E-state index in [1.807, 2.05) is 4.57 Å². The average molecular weight is 321 g/mol. The summed E-state index contributed by atoms with van der Waals surface area (Å²) in [7, 11) is 0. The second-order valence-corrected chi connectivity index (χ2v) is 9.10. The maximum atomic E-state index is 11.6. The average Bonchev–Trinajstić information content (AvgIpc) is 2.75. The maximum Gasteiger partial charge on any atom is 0.277 e. The second kappa shape index (κ2) is 5.93. The molecule has 1 aliphatic rings. The largest absolute Gasteiger partial charge is 0.369 e. The number of anilines is 1. The Labute approximate surface area is 139 Å². The summed E-state index contributed by atoms with van der Waals surface area (Å²) < 4.78 is 8.20. The highest BCUT2D eigenvalue weighted by molar-refractivity contribution is 5.21. The van der Waals surface area contributed by atoms with Crippen molar-refractivity contribution in [2.24, 2.45) is 16.7 Å². The third kappa shape index (κ3) is 4.14. The molecule has 0 bridgehead atoms. The molecule has 2 N–H and O–H groups in total. The summed E-state index contributed by atoms with van der Waals surface area (Å²) in [5.41, 5.74) is 6.65. The van der Waals surface area contributed by atoms with Crippen LogP contribution in [0.25, 0.3) is 0 Å². The monoisotopic (exact) mass is 321 g/mol. The summed E-state index contributed by atoms with van der Waals surface area (Å²) in [6, 6.07) is 0. The molecule has 1 saturated heterocycles. The van der Waals surface area contributed by atoms with E-state index in [1.54, 1.807) is 13.1 Å². The van der Waals surface area contributed by atoms with E-state index >= 15 is 0 Å². The smallest absolute Gasteiger partial charge is 0.277 e. The molecule has 2 rings (SSSR count). The first-order chi connectivity index (χ1) is 10.4. The predicted molar refractivity (Wildman–Crippen MR) is 93.2 cm³/mol. The Hall–Kier alpha value is -1.36. The van der Waals surface area contributed by atoms with E-state index in [0.29, 0.717) is 11.5 Å². The van der Waals surface area contributed by atoms with Gasteiger partial charge in [-0.15, -0.1) is 0 Å². The highest BCUT2D eigenvalue weighted by Crippen LogP contribution is 2.47. The van der Waals surface area contributed by atoms with Gasteiger partial charge in [-0.1, -0.05) is 41.5 Å². The van der Waals surface area contributed by atoms with Crippen LogP contribution in [0.1, 0.15) is 66.2 Å². The number of nitrogens with two attached hydrogens (primary N) is 1. The molecule has 0 radical (unpaired) electrons. The number of nitrogen functional groups attached to an aromatic ring is 1. The zero-order valence-electron chi connectivity index (χ0n) is 15.5. The van der Waals surface area contributed by atoms with E-state index in [1.165, 1.54) is 0 Å². The van der Waals surface area contributed by atoms with Crippen LogP contribution in [-0.4, -0.2) is 15.7 Å². The van der Waals surface area contributed by atoms with Crippen molar-refractivity contribution >= 4 is 5.95 Å². The predicted octanol–water partition coefficient (Wildman–Crippen LogP) is 3.52. The number of rotatable bonds is 2. The van der Waals surface area contributed by atoms with Crippen LogP contribution in [-0.2, 0) is 4.74 Å². The van der Waals surface area contributed by atoms with Crippen molar-refractivity contribution in [3.8, 4) is 0 Å². The molecule has 5 nitrogen and oxygen atoms in total. The first kappa shape index (κ1) is 18.0. The van der Waals surface area contributed by atoms with E-state index in [9.17, 15) is 4.79 Å². The summed E-state index contributed by atoms with van der Waals surface area (Å²) >= 11 is 0. The summed E-state index contributed by atoms with van der Waals surface area (Å²) in [5.74, 6) is 0.667. The van der Waals surface area contributed by atoms with Gasteiger partial charge in [-0.2, -0.15) is 4.98 Å². The molecular formula is C18H31N3O2. The highest BCUT2D eigenvalue weighted by atomic mass is 16.5. The Morgan fingerprint density at radius 3 is 2.43 bits per heavy atom. The van der Waals surface area contributed by atoms with Gasteiger partial charge in [0.15, 0.2) is 0 Å². The fourth-order valence-corrected chi connectivity index (χ4v) is 3.42. The Morgan fingerprint density at radius 2 is 1.91 bits per heavy atom. The normalized spacial score (nSPS) is 25.8. The van der Waals surface area contributed by atoms with Crippen molar-refractivity contribution in [2.75, 3.05) is 5.73 Å². The molecule has 0 aromatic carbocycles. The number of aromatic nitrogens is 2. The molecule has 0 saturated carbocycles. The van der Waals surface area contributed by atoms with Gasteiger partial charge in [0.2, 0.25) is 5.95 Å². The van der Waals surface area contributed by atoms with E-state index < -0.39 is 0 Å². The van der Waals surface area contributed by atoms with Gasteiger partial charge in [-0.25, -0.2) is 0 Å². The minimum Gasteiger partial charge on any atom is -0.369 e. The second-order valence-electron chi connectivity index (χ2n) is 9.10. The van der Waals surface area contributed by atoms with E-state index in [2.05, 4.69) is 46.5 Å². The zero-order chi connectivity index (χ0) is 17.6. The van der Waals surface area contributed by atoms with Gasteiger partial charge in [0.25, 0.3) is 5.56 Å².